The molecule has 0 aliphatic carbocycles. The summed E-state index contributed by atoms with van der Waals surface area (Å²) in [4.78, 5) is 4.26. The van der Waals surface area contributed by atoms with E-state index in [-0.39, 0.29) is 0 Å². The van der Waals surface area contributed by atoms with Crippen LogP contribution in [0.15, 0.2) is 30.3 Å². The zero-order valence-electron chi connectivity index (χ0n) is 10.7. The molecule has 0 unspecified atom stereocenters. The highest BCUT2D eigenvalue weighted by Gasteiger charge is 2.27. The average Bonchev–Trinajstić information content (AvgIpc) is 2.34. The molecule has 5 heteroatoms. The van der Waals surface area contributed by atoms with E-state index >= 15 is 0 Å². The predicted octanol–water partition coefficient (Wildman–Crippen LogP) is 2.79. The Labute approximate surface area is 110 Å². The van der Waals surface area contributed by atoms with Gasteiger partial charge in [0.15, 0.2) is 17.2 Å². The molecular formula is C14H14N2O3. The van der Waals surface area contributed by atoms with Crippen molar-refractivity contribution in [3.63, 3.8) is 0 Å². The number of hydrogen-bond acceptors (Lipinski definition) is 5. The van der Waals surface area contributed by atoms with Crippen LogP contribution in [0.4, 0.5) is 5.69 Å². The minimum Gasteiger partial charge on any atom is -0.448 e. The molecule has 3 N–H and O–H groups in total. The lowest BCUT2D eigenvalue weighted by molar-refractivity contribution is 0.0739. The first kappa shape index (κ1) is 11.8. The lowest BCUT2D eigenvalue weighted by Gasteiger charge is -2.24. The first-order chi connectivity index (χ1) is 8.95. The summed E-state index contributed by atoms with van der Waals surface area (Å²) < 4.78 is 11.3. The molecule has 98 valence electrons. The van der Waals surface area contributed by atoms with E-state index in [0.29, 0.717) is 34.5 Å². The first-order valence-corrected chi connectivity index (χ1v) is 5.93. The van der Waals surface area contributed by atoms with Crippen molar-refractivity contribution in [2.24, 2.45) is 0 Å². The van der Waals surface area contributed by atoms with Crippen LogP contribution >= 0.6 is 0 Å². The van der Waals surface area contributed by atoms with Gasteiger partial charge in [0.2, 0.25) is 0 Å². The number of nitrogens with two attached hydrogens (primary N) is 1. The zero-order valence-corrected chi connectivity index (χ0v) is 10.7. The highest BCUT2D eigenvalue weighted by Crippen LogP contribution is 2.45. The van der Waals surface area contributed by atoms with Crippen LogP contribution in [0.2, 0.25) is 0 Å². The summed E-state index contributed by atoms with van der Waals surface area (Å²) in [5.74, 6) is 1.97. The Morgan fingerprint density at radius 1 is 1.11 bits per heavy atom. The lowest BCUT2D eigenvalue weighted by Crippen LogP contribution is -2.20. The van der Waals surface area contributed by atoms with Crippen LogP contribution < -0.4 is 15.2 Å². The van der Waals surface area contributed by atoms with Crippen molar-refractivity contribution in [2.45, 2.75) is 19.4 Å². The third-order valence-corrected chi connectivity index (χ3v) is 2.84. The van der Waals surface area contributed by atoms with Crippen LogP contribution in [0.5, 0.6) is 23.1 Å². The van der Waals surface area contributed by atoms with Crippen molar-refractivity contribution in [3.05, 3.63) is 36.0 Å². The molecule has 19 heavy (non-hydrogen) atoms. The molecule has 0 radical (unpaired) electrons. The Morgan fingerprint density at radius 2 is 1.74 bits per heavy atom. The van der Waals surface area contributed by atoms with Crippen LogP contribution in [0.1, 0.15) is 19.5 Å². The van der Waals surface area contributed by atoms with Crippen molar-refractivity contribution in [1.29, 1.82) is 0 Å². The van der Waals surface area contributed by atoms with E-state index in [1.165, 1.54) is 0 Å². The molecule has 1 aliphatic heterocycles. The van der Waals surface area contributed by atoms with Gasteiger partial charge in [0.05, 0.1) is 11.4 Å². The second kappa shape index (κ2) is 3.86. The summed E-state index contributed by atoms with van der Waals surface area (Å²) in [5, 5.41) is 10.0. The highest BCUT2D eigenvalue weighted by molar-refractivity contribution is 5.59. The average molecular weight is 258 g/mol. The molecule has 2 heterocycles. The molecule has 0 saturated heterocycles. The number of benzene rings is 1. The topological polar surface area (TPSA) is 77.6 Å². The Morgan fingerprint density at radius 3 is 2.37 bits per heavy atom. The summed E-state index contributed by atoms with van der Waals surface area (Å²) in [5.41, 5.74) is 5.49. The normalized spacial score (nSPS) is 13.0. The van der Waals surface area contributed by atoms with E-state index in [4.69, 9.17) is 15.2 Å². The number of fused-ring (bicyclic) bond motifs is 2. The molecule has 1 aromatic carbocycles. The quantitative estimate of drug-likeness (QED) is 0.701. The number of aliphatic hydroxyl groups is 1. The molecule has 5 nitrogen and oxygen atoms in total. The van der Waals surface area contributed by atoms with Crippen molar-refractivity contribution >= 4 is 5.69 Å². The molecule has 0 atom stereocenters. The fourth-order valence-electron chi connectivity index (χ4n) is 1.97. The zero-order chi connectivity index (χ0) is 13.6. The fraction of sp³-hybridized carbons (Fsp3) is 0.214. The summed E-state index contributed by atoms with van der Waals surface area (Å²) in [6, 6.07) is 8.92. The lowest BCUT2D eigenvalue weighted by atomic mass is 10.0. The number of aromatic nitrogens is 1. The van der Waals surface area contributed by atoms with Gasteiger partial charge in [-0.2, -0.15) is 0 Å². The third-order valence-electron chi connectivity index (χ3n) is 2.84. The maximum Gasteiger partial charge on any atom is 0.263 e. The van der Waals surface area contributed by atoms with Crippen LogP contribution in [0.3, 0.4) is 0 Å². The Hall–Kier alpha value is -2.27. The first-order valence-electron chi connectivity index (χ1n) is 5.93. The molecule has 1 aliphatic rings. The minimum atomic E-state index is -1.14. The molecular weight excluding hydrogens is 244 g/mol. The van der Waals surface area contributed by atoms with Crippen molar-refractivity contribution in [2.75, 3.05) is 5.73 Å². The Bertz CT molecular complexity index is 648. The van der Waals surface area contributed by atoms with E-state index in [2.05, 4.69) is 4.98 Å². The minimum absolute atomic E-state index is 0.310. The number of rotatable bonds is 1. The van der Waals surface area contributed by atoms with Gasteiger partial charge in [-0.3, -0.25) is 0 Å². The number of para-hydroxylation sites is 2. The van der Waals surface area contributed by atoms with E-state index < -0.39 is 5.60 Å². The standard InChI is InChI=1S/C14H14N2O3/c1-14(2,17)12-8(15)7-11-13(16-12)19-10-6-4-3-5-9(10)18-11/h3-7,17H,15H2,1-2H3. The van der Waals surface area contributed by atoms with E-state index in [0.717, 1.165) is 0 Å². The number of pyridine rings is 1. The highest BCUT2D eigenvalue weighted by atomic mass is 16.6. The van der Waals surface area contributed by atoms with Gasteiger partial charge >= 0.3 is 0 Å². The summed E-state index contributed by atoms with van der Waals surface area (Å²) in [6.07, 6.45) is 0. The number of hydrogen-bond donors (Lipinski definition) is 2. The van der Waals surface area contributed by atoms with Crippen molar-refractivity contribution in [1.82, 2.24) is 4.98 Å². The van der Waals surface area contributed by atoms with Gasteiger partial charge in [-0.05, 0) is 26.0 Å². The van der Waals surface area contributed by atoms with E-state index in [1.807, 2.05) is 12.1 Å². The maximum atomic E-state index is 10.0. The molecule has 0 saturated carbocycles. The van der Waals surface area contributed by atoms with E-state index in [9.17, 15) is 5.11 Å². The number of nitrogen functional groups attached to an aromatic ring is 1. The van der Waals surface area contributed by atoms with Gasteiger partial charge in [0, 0.05) is 6.07 Å². The van der Waals surface area contributed by atoms with Gasteiger partial charge in [-0.15, -0.1) is 0 Å². The molecule has 1 aromatic heterocycles. The molecule has 0 spiro atoms. The number of nitrogens with zero attached hydrogens (tertiary/aromatic N) is 1. The van der Waals surface area contributed by atoms with Crippen LogP contribution in [-0.2, 0) is 5.60 Å². The van der Waals surface area contributed by atoms with Crippen molar-refractivity contribution in [3.8, 4) is 23.1 Å². The smallest absolute Gasteiger partial charge is 0.263 e. The third kappa shape index (κ3) is 1.98. The maximum absolute atomic E-state index is 10.0. The fourth-order valence-corrected chi connectivity index (χ4v) is 1.97. The molecule has 0 amide bonds. The largest absolute Gasteiger partial charge is 0.448 e. The van der Waals surface area contributed by atoms with E-state index in [1.54, 1.807) is 32.0 Å². The molecule has 0 bridgehead atoms. The summed E-state index contributed by atoms with van der Waals surface area (Å²) in [6.45, 7) is 3.24. The SMILES string of the molecule is CC(C)(O)c1nc2c(cc1N)Oc1ccccc1O2. The monoisotopic (exact) mass is 258 g/mol. The summed E-state index contributed by atoms with van der Waals surface area (Å²) >= 11 is 0. The molecule has 0 fully saturated rings. The molecule has 3 rings (SSSR count). The van der Waals surface area contributed by atoms with Gasteiger partial charge < -0.3 is 20.3 Å². The van der Waals surface area contributed by atoms with Gasteiger partial charge in [0.25, 0.3) is 5.88 Å². The number of anilines is 1. The van der Waals surface area contributed by atoms with Gasteiger partial charge in [-0.1, -0.05) is 12.1 Å². The second-order valence-corrected chi connectivity index (χ2v) is 4.94. The predicted molar refractivity (Wildman–Crippen MR) is 70.5 cm³/mol. The number of ether oxygens (including phenoxy) is 2. The van der Waals surface area contributed by atoms with Crippen LogP contribution in [-0.4, -0.2) is 10.1 Å². The Balaban J connectivity index is 2.10. The van der Waals surface area contributed by atoms with Crippen LogP contribution in [0, 0.1) is 0 Å². The van der Waals surface area contributed by atoms with Crippen molar-refractivity contribution < 1.29 is 14.6 Å². The Kier molecular flexibility index (Phi) is 2.40. The molecule has 2 aromatic rings. The van der Waals surface area contributed by atoms with Gasteiger partial charge in [-0.25, -0.2) is 4.98 Å². The second-order valence-electron chi connectivity index (χ2n) is 4.94. The van der Waals surface area contributed by atoms with Crippen LogP contribution in [0.25, 0.3) is 0 Å². The van der Waals surface area contributed by atoms with Gasteiger partial charge in [0.1, 0.15) is 5.60 Å². The summed E-state index contributed by atoms with van der Waals surface area (Å²) in [7, 11) is 0.